The lowest BCUT2D eigenvalue weighted by Gasteiger charge is -2.12. The fourth-order valence-corrected chi connectivity index (χ4v) is 2.54. The van der Waals surface area contributed by atoms with Crippen LogP contribution in [0.1, 0.15) is 38.3 Å². The highest BCUT2D eigenvalue weighted by atomic mass is 32.1. The summed E-state index contributed by atoms with van der Waals surface area (Å²) in [6.07, 6.45) is 1.79. The molecule has 2 rings (SSSR count). The molecule has 0 N–H and O–H groups in total. The van der Waals surface area contributed by atoms with E-state index in [0.717, 1.165) is 22.4 Å². The normalized spacial score (nSPS) is 27.9. The Bertz CT molecular complexity index is 438. The molecule has 0 nitrogen and oxygen atoms in total. The fourth-order valence-electron chi connectivity index (χ4n) is 2.37. The lowest BCUT2D eigenvalue weighted by Crippen LogP contribution is -2.07. The molecule has 0 saturated heterocycles. The van der Waals surface area contributed by atoms with Crippen LogP contribution in [-0.2, 0) is 11.8 Å². The van der Waals surface area contributed by atoms with E-state index in [-0.39, 0.29) is 11.2 Å². The lowest BCUT2D eigenvalue weighted by molar-refractivity contribution is 0.571. The van der Waals surface area contributed by atoms with Crippen molar-refractivity contribution in [2.75, 3.05) is 0 Å². The van der Waals surface area contributed by atoms with Crippen molar-refractivity contribution >= 4 is 17.1 Å². The van der Waals surface area contributed by atoms with Gasteiger partial charge < -0.3 is 0 Å². The Labute approximate surface area is 102 Å². The molecule has 1 aliphatic rings. The van der Waals surface area contributed by atoms with Crippen molar-refractivity contribution in [3.63, 3.8) is 0 Å². The van der Waals surface area contributed by atoms with Gasteiger partial charge in [-0.3, -0.25) is 0 Å². The molecule has 2 unspecified atom stereocenters. The molecule has 0 bridgehead atoms. The molecule has 0 radical (unpaired) electrons. The minimum absolute atomic E-state index is 0.0648. The molecule has 86 valence electrons. The highest BCUT2D eigenvalue weighted by Crippen LogP contribution is 2.54. The highest BCUT2D eigenvalue weighted by molar-refractivity contribution is 7.80. The quantitative estimate of drug-likeness (QED) is 0.713. The van der Waals surface area contributed by atoms with Crippen molar-refractivity contribution in [2.45, 2.75) is 39.0 Å². The first-order chi connectivity index (χ1) is 7.43. The summed E-state index contributed by atoms with van der Waals surface area (Å²) in [5, 5.41) is 0. The molecule has 1 aromatic carbocycles. The zero-order chi connectivity index (χ0) is 11.9. The average Bonchev–Trinajstić information content (AvgIpc) is 2.73. The SMILES string of the molecule is CC(=S)Cc1ccc(C2(C)CC2C)c(F)c1. The Kier molecular flexibility index (Phi) is 2.87. The van der Waals surface area contributed by atoms with Crippen LogP contribution in [0.5, 0.6) is 0 Å². The van der Waals surface area contributed by atoms with Gasteiger partial charge in [0.1, 0.15) is 5.82 Å². The van der Waals surface area contributed by atoms with Gasteiger partial charge in [-0.25, -0.2) is 4.39 Å². The van der Waals surface area contributed by atoms with Crippen LogP contribution < -0.4 is 0 Å². The Morgan fingerprint density at radius 2 is 2.19 bits per heavy atom. The van der Waals surface area contributed by atoms with Gasteiger partial charge in [0.05, 0.1) is 0 Å². The van der Waals surface area contributed by atoms with Gasteiger partial charge in [0.15, 0.2) is 0 Å². The summed E-state index contributed by atoms with van der Waals surface area (Å²) in [7, 11) is 0. The van der Waals surface area contributed by atoms with Gasteiger partial charge in [-0.2, -0.15) is 0 Å². The molecule has 0 amide bonds. The lowest BCUT2D eigenvalue weighted by atomic mass is 9.93. The van der Waals surface area contributed by atoms with E-state index in [9.17, 15) is 4.39 Å². The number of hydrogen-bond donors (Lipinski definition) is 0. The molecule has 1 aliphatic carbocycles. The Morgan fingerprint density at radius 3 is 2.62 bits per heavy atom. The zero-order valence-corrected chi connectivity index (χ0v) is 10.8. The maximum atomic E-state index is 14.0. The van der Waals surface area contributed by atoms with E-state index < -0.39 is 0 Å². The van der Waals surface area contributed by atoms with Crippen LogP contribution in [0, 0.1) is 11.7 Å². The zero-order valence-electron chi connectivity index (χ0n) is 10.0. The maximum absolute atomic E-state index is 14.0. The van der Waals surface area contributed by atoms with Crippen molar-refractivity contribution in [1.29, 1.82) is 0 Å². The molecule has 1 saturated carbocycles. The van der Waals surface area contributed by atoms with Gasteiger partial charge >= 0.3 is 0 Å². The molecular formula is C14H17FS. The minimum Gasteiger partial charge on any atom is -0.207 e. The standard InChI is InChI=1S/C14H17FS/c1-9-8-14(9,3)12-5-4-11(6-10(2)16)7-13(12)15/h4-5,7,9H,6,8H2,1-3H3. The summed E-state index contributed by atoms with van der Waals surface area (Å²) >= 11 is 5.04. The first-order valence-corrected chi connectivity index (χ1v) is 6.12. The van der Waals surface area contributed by atoms with Crippen LogP contribution in [0.4, 0.5) is 4.39 Å². The number of thiocarbonyl (C=S) groups is 1. The number of hydrogen-bond acceptors (Lipinski definition) is 1. The third-order valence-electron chi connectivity index (χ3n) is 3.76. The van der Waals surface area contributed by atoms with E-state index in [1.54, 1.807) is 6.07 Å². The van der Waals surface area contributed by atoms with Crippen molar-refractivity contribution in [1.82, 2.24) is 0 Å². The molecule has 2 atom stereocenters. The summed E-state index contributed by atoms with van der Waals surface area (Å²) in [5.41, 5.74) is 1.91. The summed E-state index contributed by atoms with van der Waals surface area (Å²) in [6, 6.07) is 5.58. The molecule has 1 aromatic rings. The van der Waals surface area contributed by atoms with Crippen molar-refractivity contribution in [2.24, 2.45) is 5.92 Å². The minimum atomic E-state index is -0.0689. The molecule has 0 spiro atoms. The van der Waals surface area contributed by atoms with Crippen LogP contribution in [0.25, 0.3) is 0 Å². The third kappa shape index (κ3) is 2.03. The molecular weight excluding hydrogens is 219 g/mol. The monoisotopic (exact) mass is 236 g/mol. The average molecular weight is 236 g/mol. The predicted octanol–water partition coefficient (Wildman–Crippen LogP) is 4.06. The van der Waals surface area contributed by atoms with E-state index in [2.05, 4.69) is 13.8 Å². The second-order valence-corrected chi connectivity index (χ2v) is 5.91. The predicted molar refractivity (Wildman–Crippen MR) is 69.5 cm³/mol. The van der Waals surface area contributed by atoms with Crippen molar-refractivity contribution < 1.29 is 4.39 Å². The van der Waals surface area contributed by atoms with Gasteiger partial charge in [-0.05, 0) is 46.7 Å². The summed E-state index contributed by atoms with van der Waals surface area (Å²) in [6.45, 7) is 6.21. The molecule has 0 heterocycles. The van der Waals surface area contributed by atoms with Crippen LogP contribution in [-0.4, -0.2) is 4.86 Å². The number of halogens is 1. The van der Waals surface area contributed by atoms with Crippen LogP contribution in [0.2, 0.25) is 0 Å². The number of rotatable bonds is 3. The topological polar surface area (TPSA) is 0 Å². The summed E-state index contributed by atoms with van der Waals surface area (Å²) in [5.74, 6) is 0.528. The van der Waals surface area contributed by atoms with E-state index in [1.165, 1.54) is 0 Å². The van der Waals surface area contributed by atoms with Crippen molar-refractivity contribution in [3.8, 4) is 0 Å². The summed E-state index contributed by atoms with van der Waals surface area (Å²) in [4.78, 5) is 0.901. The number of benzene rings is 1. The van der Waals surface area contributed by atoms with E-state index in [1.807, 2.05) is 19.1 Å². The Morgan fingerprint density at radius 1 is 1.56 bits per heavy atom. The van der Waals surface area contributed by atoms with Gasteiger partial charge in [-0.1, -0.05) is 38.2 Å². The summed E-state index contributed by atoms with van der Waals surface area (Å²) < 4.78 is 14.0. The Hall–Kier alpha value is -0.760. The Balaban J connectivity index is 2.27. The maximum Gasteiger partial charge on any atom is 0.127 e. The highest BCUT2D eigenvalue weighted by Gasteiger charge is 2.49. The molecule has 0 aromatic heterocycles. The van der Waals surface area contributed by atoms with Crippen molar-refractivity contribution in [3.05, 3.63) is 35.1 Å². The largest absolute Gasteiger partial charge is 0.207 e. The molecule has 2 heteroatoms. The van der Waals surface area contributed by atoms with Gasteiger partial charge in [-0.15, -0.1) is 0 Å². The van der Waals surface area contributed by atoms with Crippen LogP contribution in [0.15, 0.2) is 18.2 Å². The van der Waals surface area contributed by atoms with E-state index in [4.69, 9.17) is 12.2 Å². The molecule has 0 aliphatic heterocycles. The molecule has 16 heavy (non-hydrogen) atoms. The van der Waals surface area contributed by atoms with Gasteiger partial charge in [0.2, 0.25) is 0 Å². The van der Waals surface area contributed by atoms with E-state index >= 15 is 0 Å². The second-order valence-electron chi connectivity index (χ2n) is 5.22. The van der Waals surface area contributed by atoms with E-state index in [0.29, 0.717) is 12.3 Å². The molecule has 1 fully saturated rings. The second kappa shape index (κ2) is 3.92. The van der Waals surface area contributed by atoms with Gasteiger partial charge in [0, 0.05) is 6.42 Å². The first kappa shape index (κ1) is 11.7. The van der Waals surface area contributed by atoms with Crippen LogP contribution in [0.3, 0.4) is 0 Å². The fraction of sp³-hybridized carbons (Fsp3) is 0.500. The smallest absolute Gasteiger partial charge is 0.127 e. The first-order valence-electron chi connectivity index (χ1n) is 5.72. The van der Waals surface area contributed by atoms with Crippen LogP contribution >= 0.6 is 12.2 Å². The van der Waals surface area contributed by atoms with Gasteiger partial charge in [0.25, 0.3) is 0 Å². The third-order valence-corrected chi connectivity index (χ3v) is 3.90.